The normalized spacial score (nSPS) is 16.1. The molecule has 0 saturated carbocycles. The Labute approximate surface area is 136 Å². The standard InChI is InChI=1S/C17H22N4O2/c1-23-15-5-3-14(4-6-15)13-20-9-2-10-21(12-11-20)17(22)16-7-8-18-19-16/h3-8H,2,9-13H2,1H3,(H,18,19). The van der Waals surface area contributed by atoms with Crippen LogP contribution in [0.4, 0.5) is 0 Å². The molecule has 0 unspecified atom stereocenters. The molecular weight excluding hydrogens is 292 g/mol. The van der Waals surface area contributed by atoms with Crippen molar-refractivity contribution in [1.82, 2.24) is 20.0 Å². The molecule has 2 heterocycles. The molecule has 2 aromatic rings. The molecule has 1 saturated heterocycles. The molecule has 0 spiro atoms. The zero-order valence-electron chi connectivity index (χ0n) is 13.4. The van der Waals surface area contributed by atoms with Crippen LogP contribution in [0.15, 0.2) is 36.5 Å². The number of nitrogens with zero attached hydrogens (tertiary/aromatic N) is 3. The number of aromatic nitrogens is 2. The number of rotatable bonds is 4. The highest BCUT2D eigenvalue weighted by molar-refractivity contribution is 5.92. The van der Waals surface area contributed by atoms with E-state index < -0.39 is 0 Å². The van der Waals surface area contributed by atoms with Gasteiger partial charge in [-0.3, -0.25) is 14.8 Å². The van der Waals surface area contributed by atoms with Crippen molar-refractivity contribution in [3.8, 4) is 5.75 Å². The van der Waals surface area contributed by atoms with Gasteiger partial charge < -0.3 is 9.64 Å². The number of ether oxygens (including phenoxy) is 1. The molecule has 1 amide bonds. The largest absolute Gasteiger partial charge is 0.497 e. The average Bonchev–Trinajstić information content (AvgIpc) is 3.02. The first kappa shape index (κ1) is 15.6. The monoisotopic (exact) mass is 314 g/mol. The highest BCUT2D eigenvalue weighted by Gasteiger charge is 2.21. The molecule has 0 aliphatic carbocycles. The van der Waals surface area contributed by atoms with Crippen LogP contribution in [-0.4, -0.2) is 59.2 Å². The average molecular weight is 314 g/mol. The first-order chi connectivity index (χ1) is 11.3. The molecule has 122 valence electrons. The number of benzene rings is 1. The van der Waals surface area contributed by atoms with E-state index in [2.05, 4.69) is 27.2 Å². The van der Waals surface area contributed by atoms with E-state index in [0.29, 0.717) is 5.69 Å². The van der Waals surface area contributed by atoms with Crippen LogP contribution in [0.25, 0.3) is 0 Å². The molecule has 0 radical (unpaired) electrons. The lowest BCUT2D eigenvalue weighted by atomic mass is 10.2. The molecule has 1 aliphatic rings. The minimum Gasteiger partial charge on any atom is -0.497 e. The maximum Gasteiger partial charge on any atom is 0.271 e. The molecule has 1 aromatic heterocycles. The summed E-state index contributed by atoms with van der Waals surface area (Å²) in [6, 6.07) is 9.89. The van der Waals surface area contributed by atoms with Gasteiger partial charge in [0.15, 0.2) is 0 Å². The molecule has 1 aliphatic heterocycles. The number of H-pyrrole nitrogens is 1. The van der Waals surface area contributed by atoms with Crippen LogP contribution >= 0.6 is 0 Å². The summed E-state index contributed by atoms with van der Waals surface area (Å²) in [4.78, 5) is 16.7. The molecular formula is C17H22N4O2. The number of methoxy groups -OCH3 is 1. The number of aromatic amines is 1. The minimum absolute atomic E-state index is 0.0359. The third-order valence-corrected chi connectivity index (χ3v) is 4.17. The Morgan fingerprint density at radius 2 is 2.00 bits per heavy atom. The lowest BCUT2D eigenvalue weighted by Crippen LogP contribution is -2.35. The Hall–Kier alpha value is -2.34. The van der Waals surface area contributed by atoms with Crippen LogP contribution in [-0.2, 0) is 6.54 Å². The quantitative estimate of drug-likeness (QED) is 0.934. The summed E-state index contributed by atoms with van der Waals surface area (Å²) in [5.41, 5.74) is 1.83. The van der Waals surface area contributed by atoms with Crippen molar-refractivity contribution in [3.05, 3.63) is 47.8 Å². The highest BCUT2D eigenvalue weighted by Crippen LogP contribution is 2.14. The Morgan fingerprint density at radius 1 is 1.17 bits per heavy atom. The zero-order valence-corrected chi connectivity index (χ0v) is 13.4. The van der Waals surface area contributed by atoms with E-state index in [9.17, 15) is 4.79 Å². The molecule has 6 heteroatoms. The fourth-order valence-electron chi connectivity index (χ4n) is 2.87. The van der Waals surface area contributed by atoms with Crippen molar-refractivity contribution in [3.63, 3.8) is 0 Å². The second kappa shape index (κ2) is 7.28. The summed E-state index contributed by atoms with van der Waals surface area (Å²) in [6.45, 7) is 4.31. The van der Waals surface area contributed by atoms with E-state index in [4.69, 9.17) is 4.74 Å². The topological polar surface area (TPSA) is 61.5 Å². The van der Waals surface area contributed by atoms with Crippen molar-refractivity contribution in [2.75, 3.05) is 33.3 Å². The molecule has 23 heavy (non-hydrogen) atoms. The van der Waals surface area contributed by atoms with E-state index in [1.54, 1.807) is 19.4 Å². The van der Waals surface area contributed by atoms with Crippen molar-refractivity contribution >= 4 is 5.91 Å². The molecule has 3 rings (SSSR count). The highest BCUT2D eigenvalue weighted by atomic mass is 16.5. The molecule has 1 aromatic carbocycles. The molecule has 0 atom stereocenters. The second-order valence-electron chi connectivity index (χ2n) is 5.74. The van der Waals surface area contributed by atoms with Crippen molar-refractivity contribution in [1.29, 1.82) is 0 Å². The fourth-order valence-corrected chi connectivity index (χ4v) is 2.87. The van der Waals surface area contributed by atoms with Crippen molar-refractivity contribution in [2.24, 2.45) is 0 Å². The Morgan fingerprint density at radius 3 is 2.70 bits per heavy atom. The number of amides is 1. The second-order valence-corrected chi connectivity index (χ2v) is 5.74. The summed E-state index contributed by atoms with van der Waals surface area (Å²) in [7, 11) is 1.68. The van der Waals surface area contributed by atoms with Crippen LogP contribution in [0.1, 0.15) is 22.5 Å². The maximum absolute atomic E-state index is 12.4. The third-order valence-electron chi connectivity index (χ3n) is 4.17. The van der Waals surface area contributed by atoms with Crippen LogP contribution < -0.4 is 4.74 Å². The number of nitrogens with one attached hydrogen (secondary N) is 1. The summed E-state index contributed by atoms with van der Waals surface area (Å²) in [5.74, 6) is 0.912. The van der Waals surface area contributed by atoms with Crippen LogP contribution in [0, 0.1) is 0 Å². The Kier molecular flexibility index (Phi) is 4.92. The first-order valence-corrected chi connectivity index (χ1v) is 7.90. The smallest absolute Gasteiger partial charge is 0.271 e. The van der Waals surface area contributed by atoms with E-state index in [1.807, 2.05) is 17.0 Å². The Balaban J connectivity index is 1.56. The van der Waals surface area contributed by atoms with Gasteiger partial charge in [0.2, 0.25) is 0 Å². The van der Waals surface area contributed by atoms with Gasteiger partial charge in [0.25, 0.3) is 5.91 Å². The van der Waals surface area contributed by atoms with Crippen LogP contribution in [0.3, 0.4) is 0 Å². The number of hydrogen-bond acceptors (Lipinski definition) is 4. The van der Waals surface area contributed by atoms with E-state index in [0.717, 1.165) is 44.9 Å². The van der Waals surface area contributed by atoms with Crippen LogP contribution in [0.5, 0.6) is 5.75 Å². The summed E-state index contributed by atoms with van der Waals surface area (Å²) in [5, 5.41) is 6.60. The Bertz CT molecular complexity index is 625. The number of carbonyl (C=O) groups excluding carboxylic acids is 1. The van der Waals surface area contributed by atoms with Gasteiger partial charge in [-0.2, -0.15) is 5.10 Å². The molecule has 1 N–H and O–H groups in total. The van der Waals surface area contributed by atoms with Gasteiger partial charge in [-0.25, -0.2) is 0 Å². The van der Waals surface area contributed by atoms with Crippen LogP contribution in [0.2, 0.25) is 0 Å². The van der Waals surface area contributed by atoms with E-state index >= 15 is 0 Å². The van der Waals surface area contributed by atoms with Crippen molar-refractivity contribution in [2.45, 2.75) is 13.0 Å². The van der Waals surface area contributed by atoms with Gasteiger partial charge in [0.05, 0.1) is 7.11 Å². The third kappa shape index (κ3) is 3.90. The predicted octanol–water partition coefficient (Wildman–Crippen LogP) is 1.77. The summed E-state index contributed by atoms with van der Waals surface area (Å²) >= 11 is 0. The molecule has 0 bridgehead atoms. The fraction of sp³-hybridized carbons (Fsp3) is 0.412. The first-order valence-electron chi connectivity index (χ1n) is 7.90. The van der Waals surface area contributed by atoms with Gasteiger partial charge in [0, 0.05) is 38.9 Å². The summed E-state index contributed by atoms with van der Waals surface area (Å²) < 4.78 is 5.19. The van der Waals surface area contributed by atoms with E-state index in [-0.39, 0.29) is 5.91 Å². The van der Waals surface area contributed by atoms with Gasteiger partial charge in [-0.1, -0.05) is 12.1 Å². The molecule has 6 nitrogen and oxygen atoms in total. The summed E-state index contributed by atoms with van der Waals surface area (Å²) in [6.07, 6.45) is 2.59. The SMILES string of the molecule is COc1ccc(CN2CCCN(C(=O)c3ccn[nH]3)CC2)cc1. The predicted molar refractivity (Wildman–Crippen MR) is 87.4 cm³/mol. The minimum atomic E-state index is 0.0359. The number of hydrogen-bond donors (Lipinski definition) is 1. The zero-order chi connectivity index (χ0) is 16.1. The lowest BCUT2D eigenvalue weighted by molar-refractivity contribution is 0.0755. The van der Waals surface area contributed by atoms with Gasteiger partial charge in [-0.15, -0.1) is 0 Å². The lowest BCUT2D eigenvalue weighted by Gasteiger charge is -2.21. The van der Waals surface area contributed by atoms with Gasteiger partial charge in [-0.05, 0) is 30.2 Å². The van der Waals surface area contributed by atoms with E-state index in [1.165, 1.54) is 5.56 Å². The van der Waals surface area contributed by atoms with Crippen molar-refractivity contribution < 1.29 is 9.53 Å². The molecule has 1 fully saturated rings. The number of carbonyl (C=O) groups is 1. The van der Waals surface area contributed by atoms with Gasteiger partial charge >= 0.3 is 0 Å². The maximum atomic E-state index is 12.4. The van der Waals surface area contributed by atoms with Gasteiger partial charge in [0.1, 0.15) is 11.4 Å².